The number of methoxy groups -OCH3 is 1. The van der Waals surface area contributed by atoms with Crippen LogP contribution in [0.3, 0.4) is 0 Å². The topological polar surface area (TPSA) is 52.6 Å². The number of hydrogen-bond acceptors (Lipinski definition) is 4. The summed E-state index contributed by atoms with van der Waals surface area (Å²) in [6.45, 7) is 3.36. The van der Waals surface area contributed by atoms with Gasteiger partial charge in [-0.3, -0.25) is 9.59 Å². The Kier molecular flexibility index (Phi) is 5.08. The second-order valence-electron chi connectivity index (χ2n) is 2.43. The van der Waals surface area contributed by atoms with Crippen LogP contribution in [0.15, 0.2) is 0 Å². The third-order valence-corrected chi connectivity index (χ3v) is 1.30. The molecule has 0 N–H and O–H groups in total. The van der Waals surface area contributed by atoms with Gasteiger partial charge in [-0.2, -0.15) is 0 Å². The fourth-order valence-electron chi connectivity index (χ4n) is 0.667. The van der Waals surface area contributed by atoms with E-state index in [1.807, 2.05) is 0 Å². The summed E-state index contributed by atoms with van der Waals surface area (Å²) in [5.41, 5.74) is 0. The van der Waals surface area contributed by atoms with E-state index < -0.39 is 6.10 Å². The van der Waals surface area contributed by atoms with Gasteiger partial charge in [0.15, 0.2) is 0 Å². The molecule has 0 amide bonds. The summed E-state index contributed by atoms with van der Waals surface area (Å²) in [6.07, 6.45) is 0.0400. The third-order valence-electron chi connectivity index (χ3n) is 1.30. The SMILES string of the molecule is CCC(=O)O[C@@H](C)CC(=O)OC. The maximum atomic E-state index is 10.7. The molecule has 0 unspecified atom stereocenters. The maximum Gasteiger partial charge on any atom is 0.309 e. The largest absolute Gasteiger partial charge is 0.469 e. The van der Waals surface area contributed by atoms with Crippen LogP contribution in [0.25, 0.3) is 0 Å². The van der Waals surface area contributed by atoms with Crippen molar-refractivity contribution in [2.75, 3.05) is 7.11 Å². The van der Waals surface area contributed by atoms with Crippen molar-refractivity contribution in [2.45, 2.75) is 32.8 Å². The summed E-state index contributed by atoms with van der Waals surface area (Å²) in [6, 6.07) is 0. The highest BCUT2D eigenvalue weighted by atomic mass is 16.6. The zero-order valence-electron chi connectivity index (χ0n) is 7.62. The fraction of sp³-hybridized carbons (Fsp3) is 0.750. The van der Waals surface area contributed by atoms with Crippen LogP contribution in [-0.2, 0) is 19.1 Å². The predicted octanol–water partition coefficient (Wildman–Crippen LogP) is 0.891. The van der Waals surface area contributed by atoms with Crippen LogP contribution in [0, 0.1) is 0 Å². The van der Waals surface area contributed by atoms with Gasteiger partial charge in [-0.05, 0) is 6.92 Å². The summed E-state index contributed by atoms with van der Waals surface area (Å²) >= 11 is 0. The molecule has 0 saturated carbocycles. The van der Waals surface area contributed by atoms with Crippen LogP contribution in [0.5, 0.6) is 0 Å². The van der Waals surface area contributed by atoms with Crippen molar-refractivity contribution in [1.29, 1.82) is 0 Å². The van der Waals surface area contributed by atoms with Crippen molar-refractivity contribution < 1.29 is 19.1 Å². The van der Waals surface area contributed by atoms with Gasteiger partial charge in [0.2, 0.25) is 0 Å². The van der Waals surface area contributed by atoms with Crippen LogP contribution < -0.4 is 0 Å². The minimum Gasteiger partial charge on any atom is -0.469 e. The lowest BCUT2D eigenvalue weighted by atomic mass is 10.3. The first-order chi connectivity index (χ1) is 5.60. The number of carbonyl (C=O) groups excluding carboxylic acids is 2. The van der Waals surface area contributed by atoms with E-state index in [1.54, 1.807) is 13.8 Å². The lowest BCUT2D eigenvalue weighted by Gasteiger charge is -2.10. The summed E-state index contributed by atoms with van der Waals surface area (Å²) in [5, 5.41) is 0. The molecule has 4 heteroatoms. The molecule has 0 aliphatic rings. The molecule has 0 aromatic carbocycles. The van der Waals surface area contributed by atoms with Crippen LogP contribution in [-0.4, -0.2) is 25.2 Å². The van der Waals surface area contributed by atoms with E-state index >= 15 is 0 Å². The summed E-state index contributed by atoms with van der Waals surface area (Å²) in [4.78, 5) is 21.4. The third kappa shape index (κ3) is 4.71. The second kappa shape index (κ2) is 5.57. The van der Waals surface area contributed by atoms with Gasteiger partial charge >= 0.3 is 11.9 Å². The van der Waals surface area contributed by atoms with Crippen molar-refractivity contribution in [3.8, 4) is 0 Å². The van der Waals surface area contributed by atoms with E-state index in [4.69, 9.17) is 4.74 Å². The van der Waals surface area contributed by atoms with E-state index in [-0.39, 0.29) is 18.4 Å². The summed E-state index contributed by atoms with van der Waals surface area (Å²) < 4.78 is 9.24. The van der Waals surface area contributed by atoms with Gasteiger partial charge in [-0.1, -0.05) is 6.92 Å². The molecule has 0 fully saturated rings. The van der Waals surface area contributed by atoms with Crippen LogP contribution in [0.4, 0.5) is 0 Å². The minimum absolute atomic E-state index is 0.113. The first kappa shape index (κ1) is 10.9. The Morgan fingerprint density at radius 1 is 1.33 bits per heavy atom. The fourth-order valence-corrected chi connectivity index (χ4v) is 0.667. The van der Waals surface area contributed by atoms with Crippen LogP contribution >= 0.6 is 0 Å². The smallest absolute Gasteiger partial charge is 0.309 e. The molecule has 0 aliphatic carbocycles. The van der Waals surface area contributed by atoms with Crippen molar-refractivity contribution in [3.05, 3.63) is 0 Å². The Hall–Kier alpha value is -1.06. The molecular weight excluding hydrogens is 160 g/mol. The average molecular weight is 174 g/mol. The van der Waals surface area contributed by atoms with Gasteiger partial charge in [0.25, 0.3) is 0 Å². The highest BCUT2D eigenvalue weighted by Crippen LogP contribution is 2.00. The van der Waals surface area contributed by atoms with Gasteiger partial charge in [-0.25, -0.2) is 0 Å². The Morgan fingerprint density at radius 3 is 2.33 bits per heavy atom. The molecule has 0 rings (SSSR count). The average Bonchev–Trinajstić information content (AvgIpc) is 2.03. The van der Waals surface area contributed by atoms with Crippen LogP contribution in [0.2, 0.25) is 0 Å². The van der Waals surface area contributed by atoms with Crippen molar-refractivity contribution >= 4 is 11.9 Å². The standard InChI is InChI=1S/C8H14O4/c1-4-7(9)12-6(2)5-8(10)11-3/h6H,4-5H2,1-3H3/t6-/m0/s1. The van der Waals surface area contributed by atoms with Crippen molar-refractivity contribution in [3.63, 3.8) is 0 Å². The zero-order chi connectivity index (χ0) is 9.56. The molecule has 0 aromatic rings. The molecule has 0 radical (unpaired) electrons. The van der Waals surface area contributed by atoms with E-state index in [0.717, 1.165) is 0 Å². The van der Waals surface area contributed by atoms with Gasteiger partial charge < -0.3 is 9.47 Å². The zero-order valence-corrected chi connectivity index (χ0v) is 7.62. The van der Waals surface area contributed by atoms with E-state index in [1.165, 1.54) is 7.11 Å². The molecule has 4 nitrogen and oxygen atoms in total. The van der Waals surface area contributed by atoms with E-state index in [0.29, 0.717) is 6.42 Å². The Balaban J connectivity index is 3.66. The van der Waals surface area contributed by atoms with Crippen LogP contribution in [0.1, 0.15) is 26.7 Å². The second-order valence-corrected chi connectivity index (χ2v) is 2.43. The Labute approximate surface area is 71.8 Å². The highest BCUT2D eigenvalue weighted by molar-refractivity contribution is 5.72. The molecule has 1 atom stereocenters. The summed E-state index contributed by atoms with van der Waals surface area (Å²) in [5.74, 6) is -0.669. The summed E-state index contributed by atoms with van der Waals surface area (Å²) in [7, 11) is 1.30. The first-order valence-electron chi connectivity index (χ1n) is 3.86. The van der Waals surface area contributed by atoms with Gasteiger partial charge in [0.05, 0.1) is 13.5 Å². The molecule has 0 saturated heterocycles. The molecule has 70 valence electrons. The molecule has 12 heavy (non-hydrogen) atoms. The molecular formula is C8H14O4. The van der Waals surface area contributed by atoms with E-state index in [2.05, 4.69) is 4.74 Å². The molecule has 0 bridgehead atoms. The number of ether oxygens (including phenoxy) is 2. The number of carbonyl (C=O) groups is 2. The maximum absolute atomic E-state index is 10.7. The lowest BCUT2D eigenvalue weighted by Crippen LogP contribution is -2.18. The van der Waals surface area contributed by atoms with Crippen molar-refractivity contribution in [2.24, 2.45) is 0 Å². The number of rotatable bonds is 4. The highest BCUT2D eigenvalue weighted by Gasteiger charge is 2.12. The lowest BCUT2D eigenvalue weighted by molar-refractivity contribution is -0.152. The first-order valence-corrected chi connectivity index (χ1v) is 3.86. The Bertz CT molecular complexity index is 146. The monoisotopic (exact) mass is 174 g/mol. The number of esters is 2. The molecule has 0 aromatic heterocycles. The van der Waals surface area contributed by atoms with Gasteiger partial charge in [0, 0.05) is 6.42 Å². The molecule has 0 spiro atoms. The molecule has 0 aliphatic heterocycles. The molecule has 0 heterocycles. The number of hydrogen-bond donors (Lipinski definition) is 0. The quantitative estimate of drug-likeness (QED) is 0.594. The minimum atomic E-state index is -0.398. The van der Waals surface area contributed by atoms with Gasteiger partial charge in [0.1, 0.15) is 6.10 Å². The Morgan fingerprint density at radius 2 is 1.92 bits per heavy atom. The predicted molar refractivity (Wildman–Crippen MR) is 42.5 cm³/mol. The van der Waals surface area contributed by atoms with Gasteiger partial charge in [-0.15, -0.1) is 0 Å². The van der Waals surface area contributed by atoms with Crippen molar-refractivity contribution in [1.82, 2.24) is 0 Å². The normalized spacial score (nSPS) is 11.9. The van der Waals surface area contributed by atoms with E-state index in [9.17, 15) is 9.59 Å².